The minimum atomic E-state index is -0.286. The molecule has 0 spiro atoms. The number of carbonyl (C=O) groups is 1. The van der Waals surface area contributed by atoms with Gasteiger partial charge in [0.1, 0.15) is 11.6 Å². The smallest absolute Gasteiger partial charge is 0.239 e. The molecule has 2 N–H and O–H groups in total. The van der Waals surface area contributed by atoms with Crippen molar-refractivity contribution in [3.63, 3.8) is 0 Å². The van der Waals surface area contributed by atoms with Crippen molar-refractivity contribution in [1.29, 1.82) is 0 Å². The Morgan fingerprint density at radius 2 is 1.87 bits per heavy atom. The second kappa shape index (κ2) is 9.02. The van der Waals surface area contributed by atoms with Gasteiger partial charge in [-0.3, -0.25) is 10.1 Å². The zero-order chi connectivity index (χ0) is 20.9. The van der Waals surface area contributed by atoms with Crippen LogP contribution in [0.15, 0.2) is 78.2 Å². The van der Waals surface area contributed by atoms with Crippen LogP contribution in [0.1, 0.15) is 22.2 Å². The monoisotopic (exact) mass is 420 g/mol. The number of hydrogen-bond donors (Lipinski definition) is 2. The van der Waals surface area contributed by atoms with Gasteiger partial charge in [0.15, 0.2) is 0 Å². The Labute approximate surface area is 178 Å². The van der Waals surface area contributed by atoms with Gasteiger partial charge in [-0.25, -0.2) is 9.07 Å². The summed E-state index contributed by atoms with van der Waals surface area (Å²) in [6.07, 6.45) is 0. The first-order valence-corrected chi connectivity index (χ1v) is 10.4. The zero-order valence-electron chi connectivity index (χ0n) is 16.4. The summed E-state index contributed by atoms with van der Waals surface area (Å²) >= 11 is 1.59. The Morgan fingerprint density at radius 1 is 1.10 bits per heavy atom. The van der Waals surface area contributed by atoms with Crippen molar-refractivity contribution in [1.82, 2.24) is 15.1 Å². The molecule has 152 valence electrons. The standard InChI is InChI=1S/C23H21FN4OS/c1-16-14-21(28(27-16)19-6-3-2-4-7-19)26-22(29)15-25-23(20-8-5-13-30-20)17-9-11-18(24)12-10-17/h2-14,23,25H,15H2,1H3,(H,26,29)/t23-/m1/s1. The number of amides is 1. The van der Waals surface area contributed by atoms with E-state index in [0.717, 1.165) is 21.8 Å². The van der Waals surface area contributed by atoms with Crippen LogP contribution in [0.5, 0.6) is 0 Å². The van der Waals surface area contributed by atoms with Gasteiger partial charge in [-0.2, -0.15) is 5.10 Å². The lowest BCUT2D eigenvalue weighted by molar-refractivity contribution is -0.115. The van der Waals surface area contributed by atoms with Gasteiger partial charge in [-0.15, -0.1) is 11.3 Å². The number of carbonyl (C=O) groups excluding carboxylic acids is 1. The molecule has 5 nitrogen and oxygen atoms in total. The molecule has 4 rings (SSSR count). The van der Waals surface area contributed by atoms with Crippen LogP contribution in [0.4, 0.5) is 10.2 Å². The SMILES string of the molecule is Cc1cc(NC(=O)CN[C@H](c2ccc(F)cc2)c2cccs2)n(-c2ccccc2)n1. The molecule has 1 atom stereocenters. The van der Waals surface area contributed by atoms with Crippen molar-refractivity contribution in [2.45, 2.75) is 13.0 Å². The molecule has 30 heavy (non-hydrogen) atoms. The molecule has 0 radical (unpaired) electrons. The number of hydrogen-bond acceptors (Lipinski definition) is 4. The highest BCUT2D eigenvalue weighted by Crippen LogP contribution is 2.26. The summed E-state index contributed by atoms with van der Waals surface area (Å²) in [5.74, 6) is 0.140. The van der Waals surface area contributed by atoms with E-state index in [2.05, 4.69) is 15.7 Å². The summed E-state index contributed by atoms with van der Waals surface area (Å²) in [5.41, 5.74) is 2.58. The van der Waals surface area contributed by atoms with Crippen LogP contribution < -0.4 is 10.6 Å². The summed E-state index contributed by atoms with van der Waals surface area (Å²) < 4.78 is 15.1. The zero-order valence-corrected chi connectivity index (χ0v) is 17.2. The van der Waals surface area contributed by atoms with E-state index in [1.54, 1.807) is 28.2 Å². The van der Waals surface area contributed by atoms with Gasteiger partial charge in [0.2, 0.25) is 5.91 Å². The molecule has 0 aliphatic rings. The van der Waals surface area contributed by atoms with Gasteiger partial charge in [-0.1, -0.05) is 36.4 Å². The molecule has 0 fully saturated rings. The number of thiophene rings is 1. The number of aryl methyl sites for hydroxylation is 1. The molecule has 0 aliphatic carbocycles. The van der Waals surface area contributed by atoms with E-state index in [1.807, 2.05) is 60.8 Å². The third-order valence-electron chi connectivity index (χ3n) is 4.60. The molecule has 4 aromatic rings. The molecule has 0 bridgehead atoms. The Balaban J connectivity index is 1.48. The van der Waals surface area contributed by atoms with E-state index in [1.165, 1.54) is 12.1 Å². The normalized spacial score (nSPS) is 11.9. The second-order valence-corrected chi connectivity index (χ2v) is 7.83. The van der Waals surface area contributed by atoms with Crippen molar-refractivity contribution < 1.29 is 9.18 Å². The van der Waals surface area contributed by atoms with Crippen molar-refractivity contribution in [2.24, 2.45) is 0 Å². The highest BCUT2D eigenvalue weighted by molar-refractivity contribution is 7.10. The minimum absolute atomic E-state index is 0.0962. The molecular weight excluding hydrogens is 399 g/mol. The summed E-state index contributed by atoms with van der Waals surface area (Å²) in [7, 11) is 0. The lowest BCUT2D eigenvalue weighted by Crippen LogP contribution is -2.32. The van der Waals surface area contributed by atoms with Gasteiger partial charge in [0.25, 0.3) is 0 Å². The topological polar surface area (TPSA) is 59.0 Å². The lowest BCUT2D eigenvalue weighted by atomic mass is 10.1. The largest absolute Gasteiger partial charge is 0.309 e. The summed E-state index contributed by atoms with van der Waals surface area (Å²) in [5, 5.41) is 12.7. The third-order valence-corrected chi connectivity index (χ3v) is 5.53. The fourth-order valence-electron chi connectivity index (χ4n) is 3.23. The van der Waals surface area contributed by atoms with Crippen LogP contribution in [-0.4, -0.2) is 22.2 Å². The van der Waals surface area contributed by atoms with Crippen molar-refractivity contribution in [3.8, 4) is 5.69 Å². The van der Waals surface area contributed by atoms with Crippen LogP contribution >= 0.6 is 11.3 Å². The number of benzene rings is 2. The maximum Gasteiger partial charge on any atom is 0.239 e. The average Bonchev–Trinajstić information content (AvgIpc) is 3.40. The summed E-state index contributed by atoms with van der Waals surface area (Å²) in [6.45, 7) is 1.98. The number of para-hydroxylation sites is 1. The van der Waals surface area contributed by atoms with E-state index in [0.29, 0.717) is 5.82 Å². The van der Waals surface area contributed by atoms with Crippen molar-refractivity contribution >= 4 is 23.1 Å². The molecule has 0 saturated heterocycles. The first-order valence-electron chi connectivity index (χ1n) is 9.54. The Kier molecular flexibility index (Phi) is 6.02. The number of aromatic nitrogens is 2. The predicted molar refractivity (Wildman–Crippen MR) is 117 cm³/mol. The highest BCUT2D eigenvalue weighted by atomic mass is 32.1. The van der Waals surface area contributed by atoms with Crippen LogP contribution in [0.2, 0.25) is 0 Å². The van der Waals surface area contributed by atoms with E-state index >= 15 is 0 Å². The average molecular weight is 421 g/mol. The van der Waals surface area contributed by atoms with E-state index < -0.39 is 0 Å². The van der Waals surface area contributed by atoms with E-state index in [-0.39, 0.29) is 24.3 Å². The third kappa shape index (κ3) is 4.64. The molecule has 2 aromatic heterocycles. The number of rotatable bonds is 7. The Hall–Kier alpha value is -3.29. The van der Waals surface area contributed by atoms with Gasteiger partial charge in [0.05, 0.1) is 24.0 Å². The van der Waals surface area contributed by atoms with Gasteiger partial charge in [0, 0.05) is 10.9 Å². The van der Waals surface area contributed by atoms with Crippen LogP contribution in [-0.2, 0) is 4.79 Å². The number of nitrogens with one attached hydrogen (secondary N) is 2. The number of halogens is 1. The molecule has 7 heteroatoms. The predicted octanol–water partition coefficient (Wildman–Crippen LogP) is 4.70. The quantitative estimate of drug-likeness (QED) is 0.456. The van der Waals surface area contributed by atoms with Crippen molar-refractivity contribution in [2.75, 3.05) is 11.9 Å². The lowest BCUT2D eigenvalue weighted by Gasteiger charge is -2.18. The van der Waals surface area contributed by atoms with Crippen LogP contribution in [0.25, 0.3) is 5.69 Å². The first kappa shape index (κ1) is 20.0. The number of nitrogens with zero attached hydrogens (tertiary/aromatic N) is 2. The Morgan fingerprint density at radius 3 is 2.57 bits per heavy atom. The van der Waals surface area contributed by atoms with Gasteiger partial charge < -0.3 is 5.32 Å². The van der Waals surface area contributed by atoms with Gasteiger partial charge in [-0.05, 0) is 48.2 Å². The van der Waals surface area contributed by atoms with Crippen LogP contribution in [0, 0.1) is 12.7 Å². The molecule has 2 heterocycles. The molecular formula is C23H21FN4OS. The summed E-state index contributed by atoms with van der Waals surface area (Å²) in [6, 6.07) is 21.6. The Bertz CT molecular complexity index is 1110. The maximum atomic E-state index is 13.3. The highest BCUT2D eigenvalue weighted by Gasteiger charge is 2.17. The molecule has 0 aliphatic heterocycles. The number of anilines is 1. The minimum Gasteiger partial charge on any atom is -0.309 e. The fourth-order valence-corrected chi connectivity index (χ4v) is 4.06. The van der Waals surface area contributed by atoms with Crippen molar-refractivity contribution in [3.05, 3.63) is 100 Å². The fraction of sp³-hybridized carbons (Fsp3) is 0.130. The van der Waals surface area contributed by atoms with E-state index in [9.17, 15) is 9.18 Å². The van der Waals surface area contributed by atoms with E-state index in [4.69, 9.17) is 0 Å². The second-order valence-electron chi connectivity index (χ2n) is 6.85. The van der Waals surface area contributed by atoms with Crippen LogP contribution in [0.3, 0.4) is 0 Å². The molecule has 2 aromatic carbocycles. The molecule has 1 amide bonds. The maximum absolute atomic E-state index is 13.3. The first-order chi connectivity index (χ1) is 14.6. The summed E-state index contributed by atoms with van der Waals surface area (Å²) in [4.78, 5) is 13.7. The molecule has 0 unspecified atom stereocenters. The molecule has 0 saturated carbocycles. The van der Waals surface area contributed by atoms with Gasteiger partial charge >= 0.3 is 0 Å².